The molecular weight excluding hydrogens is 354 g/mol. The molecule has 1 amide bonds. The number of halogens is 1. The van der Waals surface area contributed by atoms with Gasteiger partial charge < -0.3 is 10.5 Å². The van der Waals surface area contributed by atoms with Crippen LogP contribution in [0.4, 0.5) is 0 Å². The summed E-state index contributed by atoms with van der Waals surface area (Å²) >= 11 is 4.43. The summed E-state index contributed by atoms with van der Waals surface area (Å²) in [5, 5.41) is -0.486. The zero-order valence-corrected chi connectivity index (χ0v) is 13.6. The summed E-state index contributed by atoms with van der Waals surface area (Å²) in [6.45, 7) is 0. The highest BCUT2D eigenvalue weighted by Gasteiger charge is 2.13. The van der Waals surface area contributed by atoms with E-state index >= 15 is 0 Å². The third-order valence-corrected chi connectivity index (χ3v) is 4.04. The maximum Gasteiger partial charge on any atom is 0.261 e. The fourth-order valence-electron chi connectivity index (χ4n) is 1.57. The molecule has 110 valence electrons. The fourth-order valence-corrected chi connectivity index (χ4v) is 2.55. The van der Waals surface area contributed by atoms with Crippen LogP contribution in [-0.4, -0.2) is 18.0 Å². The van der Waals surface area contributed by atoms with Gasteiger partial charge in [0.05, 0.1) is 17.3 Å². The van der Waals surface area contributed by atoms with Crippen molar-refractivity contribution in [2.75, 3.05) is 7.11 Å². The van der Waals surface area contributed by atoms with Gasteiger partial charge in [0.1, 0.15) is 5.37 Å². The monoisotopic (exact) mass is 367 g/mol. The van der Waals surface area contributed by atoms with Crippen molar-refractivity contribution in [1.82, 2.24) is 9.71 Å². The van der Waals surface area contributed by atoms with Crippen molar-refractivity contribution in [3.05, 3.63) is 58.2 Å². The summed E-state index contributed by atoms with van der Waals surface area (Å²) in [5.74, 6) is 0.262. The van der Waals surface area contributed by atoms with Gasteiger partial charge in [-0.25, -0.2) is 4.98 Å². The van der Waals surface area contributed by atoms with E-state index in [-0.39, 0.29) is 5.91 Å². The van der Waals surface area contributed by atoms with Gasteiger partial charge in [-0.3, -0.25) is 9.52 Å². The Morgan fingerprint density at radius 3 is 2.71 bits per heavy atom. The van der Waals surface area contributed by atoms with E-state index in [1.54, 1.807) is 36.4 Å². The van der Waals surface area contributed by atoms with Gasteiger partial charge >= 0.3 is 0 Å². The zero-order valence-electron chi connectivity index (χ0n) is 11.2. The van der Waals surface area contributed by atoms with E-state index < -0.39 is 5.37 Å². The number of methoxy groups -OCH3 is 1. The maximum absolute atomic E-state index is 11.9. The molecule has 2 aromatic rings. The van der Waals surface area contributed by atoms with Crippen molar-refractivity contribution < 1.29 is 9.53 Å². The average Bonchev–Trinajstić information content (AvgIpc) is 2.53. The standard InChI is InChI=1S/C14H14BrN3O2S/c1-20-14-10(15)7-8-11(17-14)12(16)21-18-13(19)9-5-3-2-4-6-9/h2-8,12H,16H2,1H3,(H,18,19). The molecule has 0 aliphatic heterocycles. The Kier molecular flexibility index (Phi) is 5.60. The summed E-state index contributed by atoms with van der Waals surface area (Å²) in [6.07, 6.45) is 0. The normalized spacial score (nSPS) is 11.8. The Labute approximate surface area is 135 Å². The minimum absolute atomic E-state index is 0.194. The minimum Gasteiger partial charge on any atom is -0.480 e. The number of carbonyl (C=O) groups excluding carboxylic acids is 1. The minimum atomic E-state index is -0.486. The average molecular weight is 368 g/mol. The van der Waals surface area contributed by atoms with E-state index in [1.165, 1.54) is 7.11 Å². The van der Waals surface area contributed by atoms with Gasteiger partial charge in [-0.05, 0) is 52.1 Å². The SMILES string of the molecule is COc1nc(C(N)SNC(=O)c2ccccc2)ccc1Br. The van der Waals surface area contributed by atoms with E-state index in [2.05, 4.69) is 25.6 Å². The Bertz CT molecular complexity index is 625. The van der Waals surface area contributed by atoms with Gasteiger partial charge in [0.15, 0.2) is 0 Å². The quantitative estimate of drug-likeness (QED) is 0.627. The summed E-state index contributed by atoms with van der Waals surface area (Å²) in [4.78, 5) is 16.2. The summed E-state index contributed by atoms with van der Waals surface area (Å²) < 4.78 is 8.58. The molecule has 1 heterocycles. The van der Waals surface area contributed by atoms with Gasteiger partial charge in [0, 0.05) is 5.56 Å². The number of nitrogens with two attached hydrogens (primary N) is 1. The van der Waals surface area contributed by atoms with E-state index in [0.29, 0.717) is 17.1 Å². The maximum atomic E-state index is 11.9. The third kappa shape index (κ3) is 4.20. The summed E-state index contributed by atoms with van der Waals surface area (Å²) in [7, 11) is 1.53. The molecule has 0 fully saturated rings. The van der Waals surface area contributed by atoms with Crippen molar-refractivity contribution in [2.45, 2.75) is 5.37 Å². The van der Waals surface area contributed by atoms with Crippen LogP contribution in [0.5, 0.6) is 5.88 Å². The molecule has 0 aliphatic rings. The lowest BCUT2D eigenvalue weighted by Gasteiger charge is -2.13. The second kappa shape index (κ2) is 7.44. The van der Waals surface area contributed by atoms with Gasteiger partial charge in [-0.1, -0.05) is 18.2 Å². The highest BCUT2D eigenvalue weighted by atomic mass is 79.9. The molecular formula is C14H14BrN3O2S. The summed E-state index contributed by atoms with van der Waals surface area (Å²) in [5.41, 5.74) is 7.21. The Balaban J connectivity index is 1.99. The molecule has 1 aromatic heterocycles. The molecule has 0 radical (unpaired) electrons. The van der Waals surface area contributed by atoms with E-state index in [1.807, 2.05) is 6.07 Å². The van der Waals surface area contributed by atoms with Crippen LogP contribution in [0.15, 0.2) is 46.9 Å². The molecule has 3 N–H and O–H groups in total. The second-order valence-electron chi connectivity index (χ2n) is 4.06. The number of pyridine rings is 1. The number of nitrogens with one attached hydrogen (secondary N) is 1. The lowest BCUT2D eigenvalue weighted by atomic mass is 10.2. The molecule has 2 rings (SSSR count). The predicted octanol–water partition coefficient (Wildman–Crippen LogP) is 2.89. The molecule has 1 unspecified atom stereocenters. The van der Waals surface area contributed by atoms with Gasteiger partial charge in [-0.2, -0.15) is 0 Å². The molecule has 0 saturated carbocycles. The van der Waals surface area contributed by atoms with Gasteiger partial charge in [0.2, 0.25) is 5.88 Å². The van der Waals surface area contributed by atoms with Crippen molar-refractivity contribution in [2.24, 2.45) is 5.73 Å². The number of benzene rings is 1. The fraction of sp³-hybridized carbons (Fsp3) is 0.143. The lowest BCUT2D eigenvalue weighted by Crippen LogP contribution is -2.21. The molecule has 0 aliphatic carbocycles. The van der Waals surface area contributed by atoms with Gasteiger partial charge in [-0.15, -0.1) is 0 Å². The molecule has 0 bridgehead atoms. The van der Waals surface area contributed by atoms with Crippen LogP contribution in [0, 0.1) is 0 Å². The van der Waals surface area contributed by atoms with Crippen LogP contribution in [0.3, 0.4) is 0 Å². The third-order valence-electron chi connectivity index (χ3n) is 2.63. The van der Waals surface area contributed by atoms with Crippen LogP contribution in [-0.2, 0) is 0 Å². The molecule has 0 spiro atoms. The number of hydrogen-bond donors (Lipinski definition) is 2. The first-order valence-corrected chi connectivity index (χ1v) is 7.76. The molecule has 1 aromatic carbocycles. The summed E-state index contributed by atoms with van der Waals surface area (Å²) in [6, 6.07) is 12.5. The van der Waals surface area contributed by atoms with Crippen LogP contribution < -0.4 is 15.2 Å². The number of nitrogens with zero attached hydrogens (tertiary/aromatic N) is 1. The number of carbonyl (C=O) groups is 1. The van der Waals surface area contributed by atoms with Crippen LogP contribution in [0.2, 0.25) is 0 Å². The number of hydrogen-bond acceptors (Lipinski definition) is 5. The van der Waals surface area contributed by atoms with Crippen molar-refractivity contribution >= 4 is 33.8 Å². The Morgan fingerprint density at radius 1 is 1.33 bits per heavy atom. The predicted molar refractivity (Wildman–Crippen MR) is 86.9 cm³/mol. The van der Waals surface area contributed by atoms with Crippen molar-refractivity contribution in [3.8, 4) is 5.88 Å². The smallest absolute Gasteiger partial charge is 0.261 e. The van der Waals surface area contributed by atoms with E-state index in [0.717, 1.165) is 16.4 Å². The first-order valence-electron chi connectivity index (χ1n) is 6.09. The topological polar surface area (TPSA) is 77.2 Å². The van der Waals surface area contributed by atoms with Crippen LogP contribution in [0.1, 0.15) is 21.4 Å². The molecule has 1 atom stereocenters. The number of aromatic nitrogens is 1. The largest absolute Gasteiger partial charge is 0.480 e. The molecule has 21 heavy (non-hydrogen) atoms. The van der Waals surface area contributed by atoms with Gasteiger partial charge in [0.25, 0.3) is 5.91 Å². The lowest BCUT2D eigenvalue weighted by molar-refractivity contribution is 0.0984. The van der Waals surface area contributed by atoms with E-state index in [4.69, 9.17) is 10.5 Å². The number of ether oxygens (including phenoxy) is 1. The van der Waals surface area contributed by atoms with Crippen LogP contribution in [0.25, 0.3) is 0 Å². The number of rotatable bonds is 5. The highest BCUT2D eigenvalue weighted by molar-refractivity contribution is 9.10. The van der Waals surface area contributed by atoms with Crippen LogP contribution >= 0.6 is 27.9 Å². The van der Waals surface area contributed by atoms with Crippen molar-refractivity contribution in [1.29, 1.82) is 0 Å². The first kappa shape index (κ1) is 15.8. The molecule has 0 saturated heterocycles. The highest BCUT2D eigenvalue weighted by Crippen LogP contribution is 2.27. The second-order valence-corrected chi connectivity index (χ2v) is 5.86. The first-order chi connectivity index (χ1) is 10.1. The zero-order chi connectivity index (χ0) is 15.2. The molecule has 5 nitrogen and oxygen atoms in total. The van der Waals surface area contributed by atoms with E-state index in [9.17, 15) is 4.79 Å². The Morgan fingerprint density at radius 2 is 2.05 bits per heavy atom. The Hall–Kier alpha value is -1.57. The molecule has 7 heteroatoms. The van der Waals surface area contributed by atoms with Crippen molar-refractivity contribution in [3.63, 3.8) is 0 Å². The number of amides is 1.